The lowest BCUT2D eigenvalue weighted by molar-refractivity contribution is -0.136. The second-order valence-electron chi connectivity index (χ2n) is 5.51. The van der Waals surface area contributed by atoms with Crippen LogP contribution in [0, 0.1) is 0 Å². The fraction of sp³-hybridized carbons (Fsp3) is 0.625. The fourth-order valence-electron chi connectivity index (χ4n) is 2.77. The first-order chi connectivity index (χ1) is 11.2. The Kier molecular flexibility index (Phi) is 6.61. The third-order valence-corrected chi connectivity index (χ3v) is 3.87. The molecular weight excluding hydrogens is 296 g/mol. The van der Waals surface area contributed by atoms with Crippen LogP contribution >= 0.6 is 0 Å². The van der Waals surface area contributed by atoms with Crippen molar-refractivity contribution >= 4 is 11.7 Å². The predicted octanol–water partition coefficient (Wildman–Crippen LogP) is 0.579. The molecule has 1 atom stereocenters. The van der Waals surface area contributed by atoms with Crippen molar-refractivity contribution < 1.29 is 14.3 Å². The number of ether oxygens (including phenoxy) is 2. The number of aliphatic imine (C=N–C) groups is 1. The smallest absolute Gasteiger partial charge is 0.249 e. The zero-order chi connectivity index (χ0) is 16.7. The van der Waals surface area contributed by atoms with Gasteiger partial charge in [-0.3, -0.25) is 9.79 Å². The summed E-state index contributed by atoms with van der Waals surface area (Å²) in [5.74, 6) is 0.785. The van der Waals surface area contributed by atoms with E-state index in [4.69, 9.17) is 9.47 Å². The number of aryl methyl sites for hydroxylation is 1. The van der Waals surface area contributed by atoms with Crippen LogP contribution in [0.1, 0.15) is 18.2 Å². The molecule has 2 heterocycles. The van der Waals surface area contributed by atoms with E-state index in [9.17, 15) is 4.79 Å². The molecule has 1 aliphatic heterocycles. The van der Waals surface area contributed by atoms with Crippen LogP contribution in [0.2, 0.25) is 0 Å². The first-order valence-electron chi connectivity index (χ1n) is 7.85. The molecule has 0 saturated heterocycles. The monoisotopic (exact) mass is 322 g/mol. The average molecular weight is 322 g/mol. The van der Waals surface area contributed by atoms with Crippen LogP contribution in [-0.4, -0.2) is 68.3 Å². The largest absolute Gasteiger partial charge is 0.383 e. The van der Waals surface area contributed by atoms with E-state index in [0.29, 0.717) is 26.2 Å². The van der Waals surface area contributed by atoms with E-state index in [1.807, 2.05) is 34.8 Å². The van der Waals surface area contributed by atoms with Crippen molar-refractivity contribution in [2.24, 2.45) is 12.0 Å². The summed E-state index contributed by atoms with van der Waals surface area (Å²) in [4.78, 5) is 19.0. The van der Waals surface area contributed by atoms with E-state index in [1.54, 1.807) is 14.2 Å². The quantitative estimate of drug-likeness (QED) is 0.778. The molecule has 0 spiro atoms. The number of amidine groups is 1. The van der Waals surface area contributed by atoms with Gasteiger partial charge in [-0.15, -0.1) is 0 Å². The van der Waals surface area contributed by atoms with E-state index in [1.165, 1.54) is 0 Å². The van der Waals surface area contributed by atoms with Crippen molar-refractivity contribution in [3.63, 3.8) is 0 Å². The molecule has 1 aromatic heterocycles. The van der Waals surface area contributed by atoms with Crippen molar-refractivity contribution in [2.45, 2.75) is 12.5 Å². The van der Waals surface area contributed by atoms with Crippen LogP contribution in [0.5, 0.6) is 0 Å². The number of carbonyl (C=O) groups excluding carboxylic acids is 1. The van der Waals surface area contributed by atoms with Gasteiger partial charge in [-0.25, -0.2) is 0 Å². The van der Waals surface area contributed by atoms with E-state index >= 15 is 0 Å². The van der Waals surface area contributed by atoms with Gasteiger partial charge < -0.3 is 24.3 Å². The minimum absolute atomic E-state index is 0.0261. The van der Waals surface area contributed by atoms with Gasteiger partial charge in [0.05, 0.1) is 6.61 Å². The molecule has 2 rings (SSSR count). The molecule has 0 bridgehead atoms. The maximum Gasteiger partial charge on any atom is 0.249 e. The second-order valence-corrected chi connectivity index (χ2v) is 5.51. The molecule has 0 saturated carbocycles. The highest BCUT2D eigenvalue weighted by Crippen LogP contribution is 2.24. The number of aromatic nitrogens is 1. The number of rotatable bonds is 6. The highest BCUT2D eigenvalue weighted by atomic mass is 16.5. The summed E-state index contributed by atoms with van der Waals surface area (Å²) >= 11 is 0. The minimum Gasteiger partial charge on any atom is -0.383 e. The van der Waals surface area contributed by atoms with Gasteiger partial charge in [-0.2, -0.15) is 0 Å². The molecule has 1 amide bonds. The Bertz CT molecular complexity index is 541. The summed E-state index contributed by atoms with van der Waals surface area (Å²) in [7, 11) is 5.19. The Hall–Kier alpha value is -1.86. The van der Waals surface area contributed by atoms with Gasteiger partial charge in [0.15, 0.2) is 0 Å². The molecule has 0 radical (unpaired) electrons. The molecule has 0 aromatic carbocycles. The van der Waals surface area contributed by atoms with Crippen LogP contribution in [0.4, 0.5) is 0 Å². The van der Waals surface area contributed by atoms with Crippen molar-refractivity contribution in [1.82, 2.24) is 14.8 Å². The Morgan fingerprint density at radius 1 is 1.43 bits per heavy atom. The first-order valence-corrected chi connectivity index (χ1v) is 7.85. The zero-order valence-corrected chi connectivity index (χ0v) is 14.1. The Morgan fingerprint density at radius 2 is 2.26 bits per heavy atom. The molecule has 1 unspecified atom stereocenters. The molecule has 0 aliphatic carbocycles. The van der Waals surface area contributed by atoms with Gasteiger partial charge in [-0.05, 0) is 18.6 Å². The topological polar surface area (TPSA) is 68.1 Å². The van der Waals surface area contributed by atoms with Crippen LogP contribution in [0.3, 0.4) is 0 Å². The lowest BCUT2D eigenvalue weighted by Crippen LogP contribution is -2.45. The predicted molar refractivity (Wildman–Crippen MR) is 88.5 cm³/mol. The van der Waals surface area contributed by atoms with Gasteiger partial charge in [0, 0.05) is 52.8 Å². The van der Waals surface area contributed by atoms with Crippen LogP contribution < -0.4 is 5.32 Å². The number of hydrogen-bond donors (Lipinski definition) is 1. The molecule has 1 N–H and O–H groups in total. The molecule has 7 nitrogen and oxygen atoms in total. The summed E-state index contributed by atoms with van der Waals surface area (Å²) in [6.07, 6.45) is 2.82. The van der Waals surface area contributed by atoms with E-state index in [0.717, 1.165) is 18.0 Å². The van der Waals surface area contributed by atoms with Gasteiger partial charge in [0.2, 0.25) is 5.91 Å². The fourth-order valence-corrected chi connectivity index (χ4v) is 2.77. The molecule has 1 aliphatic rings. The molecular formula is C16H26N4O3. The molecule has 23 heavy (non-hydrogen) atoms. The van der Waals surface area contributed by atoms with Crippen molar-refractivity contribution in [3.05, 3.63) is 24.0 Å². The first kappa shape index (κ1) is 17.5. The van der Waals surface area contributed by atoms with Crippen molar-refractivity contribution in [1.29, 1.82) is 0 Å². The highest BCUT2D eigenvalue weighted by molar-refractivity contribution is 5.92. The van der Waals surface area contributed by atoms with Crippen molar-refractivity contribution in [2.75, 3.05) is 47.1 Å². The van der Waals surface area contributed by atoms with Crippen LogP contribution in [-0.2, 0) is 21.3 Å². The molecule has 0 fully saturated rings. The van der Waals surface area contributed by atoms with Crippen LogP contribution in [0.15, 0.2) is 23.3 Å². The zero-order valence-electron chi connectivity index (χ0n) is 14.1. The normalized spacial score (nSPS) is 18.5. The Morgan fingerprint density at radius 3 is 2.91 bits per heavy atom. The molecule has 128 valence electrons. The third kappa shape index (κ3) is 4.33. The summed E-state index contributed by atoms with van der Waals surface area (Å²) in [5.41, 5.74) is 1.03. The summed E-state index contributed by atoms with van der Waals surface area (Å²) in [6.45, 7) is 2.68. The molecule has 7 heteroatoms. The molecule has 1 aromatic rings. The lowest BCUT2D eigenvalue weighted by atomic mass is 10.1. The summed E-state index contributed by atoms with van der Waals surface area (Å²) in [5, 5.41) is 3.33. The van der Waals surface area contributed by atoms with Gasteiger partial charge in [-0.1, -0.05) is 0 Å². The number of nitrogens with zero attached hydrogens (tertiary/aromatic N) is 3. The maximum atomic E-state index is 12.5. The SMILES string of the molecule is COCCNC1=NCCCN(C(=O)COC)C1c1cccn1C. The third-order valence-electron chi connectivity index (χ3n) is 3.87. The van der Waals surface area contributed by atoms with Crippen molar-refractivity contribution in [3.8, 4) is 0 Å². The summed E-state index contributed by atoms with van der Waals surface area (Å²) < 4.78 is 12.2. The van der Waals surface area contributed by atoms with Crippen LogP contribution in [0.25, 0.3) is 0 Å². The number of carbonyl (C=O) groups is 1. The summed E-state index contributed by atoms with van der Waals surface area (Å²) in [6, 6.07) is 3.78. The number of amides is 1. The van der Waals surface area contributed by atoms with E-state index in [2.05, 4.69) is 10.3 Å². The Labute approximate surface area is 137 Å². The average Bonchev–Trinajstić information content (AvgIpc) is 2.84. The minimum atomic E-state index is -0.225. The van der Waals surface area contributed by atoms with Gasteiger partial charge in [0.1, 0.15) is 18.5 Å². The van der Waals surface area contributed by atoms with E-state index in [-0.39, 0.29) is 18.6 Å². The maximum absolute atomic E-state index is 12.5. The number of methoxy groups -OCH3 is 2. The number of hydrogen-bond acceptors (Lipinski definition) is 5. The highest BCUT2D eigenvalue weighted by Gasteiger charge is 2.32. The van der Waals surface area contributed by atoms with E-state index < -0.39 is 0 Å². The Balaban J connectivity index is 2.31. The number of nitrogens with one attached hydrogen (secondary N) is 1. The lowest BCUT2D eigenvalue weighted by Gasteiger charge is -2.31. The second kappa shape index (κ2) is 8.69. The standard InChI is InChI=1S/C16H26N4O3/c1-19-9-4-6-13(19)15-16(18-8-11-22-2)17-7-5-10-20(15)14(21)12-23-3/h4,6,9,15H,5,7-8,10-12H2,1-3H3,(H,17,18). The van der Waals surface area contributed by atoms with Gasteiger partial charge in [0.25, 0.3) is 0 Å². The van der Waals surface area contributed by atoms with Gasteiger partial charge >= 0.3 is 0 Å².